The van der Waals surface area contributed by atoms with Gasteiger partial charge in [0.1, 0.15) is 0 Å². The van der Waals surface area contributed by atoms with Crippen molar-refractivity contribution in [2.75, 3.05) is 0 Å². The minimum Gasteiger partial charge on any atom is -0.512 e. The van der Waals surface area contributed by atoms with Crippen LogP contribution in [-0.4, -0.2) is 27.3 Å². The molecular weight excluding hydrogens is 259 g/mol. The van der Waals surface area contributed by atoms with E-state index in [0.717, 1.165) is 0 Å². The fraction of sp³-hybridized carbons (Fsp3) is 0.400. The molecule has 0 fully saturated rings. The predicted molar refractivity (Wildman–Crippen MR) is 57.7 cm³/mol. The Morgan fingerprint density at radius 2 is 1.00 bits per heavy atom. The topological polar surface area (TPSA) is 106 Å². The van der Waals surface area contributed by atoms with E-state index in [1.807, 2.05) is 0 Å². The third kappa shape index (κ3) is 38.4. The molecule has 0 radical (unpaired) electrons. The van der Waals surface area contributed by atoms with Gasteiger partial charge in [-0.25, -0.2) is 0 Å². The number of hydrogen-bond donors (Lipinski definition) is 2. The van der Waals surface area contributed by atoms with Gasteiger partial charge in [-0.05, 0) is 27.7 Å². The van der Waals surface area contributed by atoms with E-state index in [2.05, 4.69) is 0 Å². The third-order valence-electron chi connectivity index (χ3n) is 0.824. The van der Waals surface area contributed by atoms with Crippen LogP contribution in [0.3, 0.4) is 0 Å². The van der Waals surface area contributed by atoms with Crippen molar-refractivity contribution in [1.29, 1.82) is 0 Å². The number of aliphatic hydroxyl groups excluding tert-OH is 2. The summed E-state index contributed by atoms with van der Waals surface area (Å²) >= 11 is 0. The number of rotatable bonds is 2. The standard InChI is InChI=1S/2C5H8O2.Ni.H2O/c2*1-4(6)3-5(2)7;;/h2*3,6H,1-2H3;;1H2. The molecule has 5 nitrogen and oxygen atoms in total. The van der Waals surface area contributed by atoms with Gasteiger partial charge in [0.15, 0.2) is 11.6 Å². The zero-order valence-electron chi connectivity index (χ0n) is 9.68. The Bertz CT molecular complexity index is 232. The van der Waals surface area contributed by atoms with E-state index in [9.17, 15) is 9.59 Å². The van der Waals surface area contributed by atoms with Crippen molar-refractivity contribution in [3.05, 3.63) is 23.7 Å². The van der Waals surface area contributed by atoms with Crippen LogP contribution in [-0.2, 0) is 26.1 Å². The van der Waals surface area contributed by atoms with Crippen molar-refractivity contribution in [2.45, 2.75) is 27.7 Å². The van der Waals surface area contributed by atoms with Crippen LogP contribution in [0.25, 0.3) is 0 Å². The molecule has 6 heteroatoms. The zero-order valence-corrected chi connectivity index (χ0v) is 10.7. The number of aliphatic hydroxyl groups is 2. The van der Waals surface area contributed by atoms with Crippen LogP contribution in [0.2, 0.25) is 0 Å². The summed E-state index contributed by atoms with van der Waals surface area (Å²) in [5, 5.41) is 16.7. The quantitative estimate of drug-likeness (QED) is 0.450. The summed E-state index contributed by atoms with van der Waals surface area (Å²) < 4.78 is 0. The molecule has 0 aromatic rings. The van der Waals surface area contributed by atoms with Crippen LogP contribution in [0.15, 0.2) is 23.7 Å². The van der Waals surface area contributed by atoms with Gasteiger partial charge < -0.3 is 15.7 Å². The number of hydrogen-bond acceptors (Lipinski definition) is 4. The molecule has 0 heterocycles. The molecule has 0 bridgehead atoms. The van der Waals surface area contributed by atoms with Gasteiger partial charge >= 0.3 is 0 Å². The minimum absolute atomic E-state index is 0. The van der Waals surface area contributed by atoms with Gasteiger partial charge in [-0.2, -0.15) is 0 Å². The second kappa shape index (κ2) is 13.9. The van der Waals surface area contributed by atoms with Crippen LogP contribution in [0.5, 0.6) is 0 Å². The Kier molecular flexibility index (Phi) is 21.0. The molecule has 0 aromatic carbocycles. The molecule has 0 aliphatic heterocycles. The predicted octanol–water partition coefficient (Wildman–Crippen LogP) is 1.25. The van der Waals surface area contributed by atoms with Crippen LogP contribution >= 0.6 is 0 Å². The van der Waals surface area contributed by atoms with Gasteiger partial charge in [0.2, 0.25) is 0 Å². The van der Waals surface area contributed by atoms with E-state index in [1.54, 1.807) is 0 Å². The summed E-state index contributed by atoms with van der Waals surface area (Å²) in [6.45, 7) is 5.70. The van der Waals surface area contributed by atoms with Gasteiger partial charge in [0.05, 0.1) is 11.5 Å². The van der Waals surface area contributed by atoms with Crippen LogP contribution in [0, 0.1) is 0 Å². The molecular formula is C10H18NiO5. The molecule has 98 valence electrons. The second-order valence-corrected chi connectivity index (χ2v) is 2.79. The van der Waals surface area contributed by atoms with Gasteiger partial charge in [0.25, 0.3) is 0 Å². The molecule has 0 saturated heterocycles. The average molecular weight is 277 g/mol. The number of carbonyl (C=O) groups excluding carboxylic acids is 2. The largest absolute Gasteiger partial charge is 0.512 e. The number of allylic oxidation sites excluding steroid dienone is 4. The van der Waals surface area contributed by atoms with E-state index in [4.69, 9.17) is 10.2 Å². The summed E-state index contributed by atoms with van der Waals surface area (Å²) in [6, 6.07) is 0. The zero-order chi connectivity index (χ0) is 11.7. The van der Waals surface area contributed by atoms with Crippen molar-refractivity contribution < 1.29 is 41.8 Å². The first-order valence-electron chi connectivity index (χ1n) is 4.01. The van der Waals surface area contributed by atoms with Gasteiger partial charge in [-0.3, -0.25) is 9.59 Å². The van der Waals surface area contributed by atoms with E-state index < -0.39 is 0 Å². The Morgan fingerprint density at radius 1 is 0.812 bits per heavy atom. The molecule has 0 amide bonds. The van der Waals surface area contributed by atoms with E-state index >= 15 is 0 Å². The van der Waals surface area contributed by atoms with Crippen molar-refractivity contribution >= 4 is 11.6 Å². The molecule has 0 unspecified atom stereocenters. The normalized spacial score (nSPS) is 10.0. The van der Waals surface area contributed by atoms with E-state index in [1.165, 1.54) is 39.8 Å². The van der Waals surface area contributed by atoms with Crippen molar-refractivity contribution in [2.24, 2.45) is 0 Å². The van der Waals surface area contributed by atoms with Gasteiger partial charge in [-0.15, -0.1) is 0 Å². The molecule has 0 saturated carbocycles. The minimum atomic E-state index is -0.125. The van der Waals surface area contributed by atoms with Crippen molar-refractivity contribution in [3.8, 4) is 0 Å². The van der Waals surface area contributed by atoms with Crippen LogP contribution < -0.4 is 0 Å². The first kappa shape index (κ1) is 24.2. The Balaban J connectivity index is -0.0000000800. The van der Waals surface area contributed by atoms with Crippen LogP contribution in [0.1, 0.15) is 27.7 Å². The fourth-order valence-corrected chi connectivity index (χ4v) is 0.588. The van der Waals surface area contributed by atoms with Crippen molar-refractivity contribution in [1.82, 2.24) is 0 Å². The molecule has 0 aliphatic carbocycles. The fourth-order valence-electron chi connectivity index (χ4n) is 0.588. The molecule has 4 N–H and O–H groups in total. The summed E-state index contributed by atoms with van der Waals surface area (Å²) in [5.41, 5.74) is 0. The smallest absolute Gasteiger partial charge is 0.155 e. The molecule has 0 atom stereocenters. The summed E-state index contributed by atoms with van der Waals surface area (Å²) in [5.74, 6) is -0.125. The Hall–Kier alpha value is -1.13. The molecule has 0 aliphatic rings. The summed E-state index contributed by atoms with van der Waals surface area (Å²) in [6.07, 6.45) is 2.33. The molecule has 0 rings (SSSR count). The molecule has 0 aromatic heterocycles. The van der Waals surface area contributed by atoms with Crippen LogP contribution in [0.4, 0.5) is 0 Å². The summed E-state index contributed by atoms with van der Waals surface area (Å²) in [7, 11) is 0. The monoisotopic (exact) mass is 276 g/mol. The Morgan fingerprint density at radius 3 is 1.00 bits per heavy atom. The Labute approximate surface area is 105 Å². The average Bonchev–Trinajstić information content (AvgIpc) is 1.79. The number of carbonyl (C=O) groups is 2. The van der Waals surface area contributed by atoms with Crippen molar-refractivity contribution in [3.63, 3.8) is 0 Å². The maximum atomic E-state index is 10.0. The molecule has 16 heavy (non-hydrogen) atoms. The SMILES string of the molecule is CC(=O)C=C(C)O.CC(=O)C=C(C)O.O.[Ni]. The third-order valence-corrected chi connectivity index (χ3v) is 0.824. The summed E-state index contributed by atoms with van der Waals surface area (Å²) in [4.78, 5) is 20.0. The van der Waals surface area contributed by atoms with E-state index in [0.29, 0.717) is 0 Å². The van der Waals surface area contributed by atoms with Gasteiger partial charge in [-0.1, -0.05) is 0 Å². The van der Waals surface area contributed by atoms with E-state index in [-0.39, 0.29) is 45.1 Å². The van der Waals surface area contributed by atoms with Gasteiger partial charge in [0, 0.05) is 28.6 Å². The number of ketones is 2. The first-order chi connectivity index (χ1) is 6.25. The second-order valence-electron chi connectivity index (χ2n) is 2.79. The maximum absolute atomic E-state index is 10.0. The first-order valence-corrected chi connectivity index (χ1v) is 4.01. The maximum Gasteiger partial charge on any atom is 0.155 e. The molecule has 0 spiro atoms.